The van der Waals surface area contributed by atoms with Crippen molar-refractivity contribution in [3.63, 3.8) is 0 Å². The number of piperidine rings is 1. The molecule has 6 heteroatoms. The topological polar surface area (TPSA) is 54.5 Å². The lowest BCUT2D eigenvalue weighted by atomic mass is 10.1. The first-order chi connectivity index (χ1) is 9.85. The lowest BCUT2D eigenvalue weighted by Crippen LogP contribution is -2.47. The highest BCUT2D eigenvalue weighted by Crippen LogP contribution is 2.23. The Morgan fingerprint density at radius 3 is 2.95 bits per heavy atom. The molecule has 0 aliphatic carbocycles. The quantitative estimate of drug-likeness (QED) is 0.822. The maximum absolute atomic E-state index is 12.1. The minimum absolute atomic E-state index is 0.215. The van der Waals surface area contributed by atoms with E-state index in [2.05, 4.69) is 26.2 Å². The number of hydrogen-bond donors (Lipinski definition) is 1. The molecule has 1 aliphatic heterocycles. The van der Waals surface area contributed by atoms with E-state index in [1.165, 1.54) is 0 Å². The second kappa shape index (κ2) is 6.64. The number of aromatic nitrogens is 1. The lowest BCUT2D eigenvalue weighted by Gasteiger charge is -2.34. The van der Waals surface area contributed by atoms with Crippen molar-refractivity contribution in [3.05, 3.63) is 22.9 Å². The fraction of sp³-hybridized carbons (Fsp3) is 0.600. The normalized spacial score (nSPS) is 19.2. The van der Waals surface area contributed by atoms with E-state index in [0.717, 1.165) is 29.7 Å². The van der Waals surface area contributed by atoms with Crippen molar-refractivity contribution in [1.29, 1.82) is 0 Å². The second-order valence-electron chi connectivity index (χ2n) is 6.25. The van der Waals surface area contributed by atoms with Gasteiger partial charge in [0.25, 0.3) is 0 Å². The molecule has 1 unspecified atom stereocenters. The first kappa shape index (κ1) is 16.1. The van der Waals surface area contributed by atoms with E-state index in [4.69, 9.17) is 4.74 Å². The number of ether oxygens (including phenoxy) is 1. The number of nitrogens with zero attached hydrogens (tertiary/aromatic N) is 2. The highest BCUT2D eigenvalue weighted by molar-refractivity contribution is 9.10. The number of halogens is 1. The van der Waals surface area contributed by atoms with Gasteiger partial charge < -0.3 is 15.0 Å². The van der Waals surface area contributed by atoms with Crippen molar-refractivity contribution < 1.29 is 9.53 Å². The van der Waals surface area contributed by atoms with Crippen LogP contribution in [0.4, 0.5) is 10.5 Å². The van der Waals surface area contributed by atoms with Crippen LogP contribution in [0.3, 0.4) is 0 Å². The molecule has 1 aliphatic rings. The van der Waals surface area contributed by atoms with Crippen molar-refractivity contribution in [3.8, 4) is 0 Å². The van der Waals surface area contributed by atoms with E-state index < -0.39 is 5.60 Å². The van der Waals surface area contributed by atoms with Gasteiger partial charge in [-0.25, -0.2) is 9.78 Å². The second-order valence-corrected chi connectivity index (χ2v) is 7.00. The Kier molecular flexibility index (Phi) is 5.08. The number of nitrogens with one attached hydrogen (secondary N) is 1. The molecule has 0 aromatic carbocycles. The van der Waals surface area contributed by atoms with Crippen LogP contribution in [0.5, 0.6) is 0 Å². The third-order valence-electron chi connectivity index (χ3n) is 3.19. The smallest absolute Gasteiger partial charge is 0.410 e. The van der Waals surface area contributed by atoms with Crippen molar-refractivity contribution in [2.45, 2.75) is 45.3 Å². The van der Waals surface area contributed by atoms with Crippen molar-refractivity contribution >= 4 is 27.7 Å². The van der Waals surface area contributed by atoms with Crippen LogP contribution in [0.2, 0.25) is 0 Å². The summed E-state index contributed by atoms with van der Waals surface area (Å²) in [5.41, 5.74) is 0.498. The van der Waals surface area contributed by atoms with Gasteiger partial charge in [-0.15, -0.1) is 0 Å². The van der Waals surface area contributed by atoms with Crippen LogP contribution < -0.4 is 5.32 Å². The molecule has 2 rings (SSSR count). The van der Waals surface area contributed by atoms with Crippen LogP contribution >= 0.6 is 15.9 Å². The van der Waals surface area contributed by atoms with Gasteiger partial charge in [0.2, 0.25) is 0 Å². The molecule has 0 saturated carbocycles. The van der Waals surface area contributed by atoms with E-state index in [1.807, 2.05) is 32.9 Å². The summed E-state index contributed by atoms with van der Waals surface area (Å²) >= 11 is 3.43. The zero-order chi connectivity index (χ0) is 15.5. The largest absolute Gasteiger partial charge is 0.444 e. The van der Waals surface area contributed by atoms with E-state index >= 15 is 0 Å². The summed E-state index contributed by atoms with van der Waals surface area (Å²) in [6, 6.07) is 4.08. The minimum atomic E-state index is -0.455. The zero-order valence-corrected chi connectivity index (χ0v) is 14.3. The average Bonchev–Trinajstić information content (AvgIpc) is 2.40. The Morgan fingerprint density at radius 2 is 2.29 bits per heavy atom. The summed E-state index contributed by atoms with van der Waals surface area (Å²) in [7, 11) is 0. The number of carbonyl (C=O) groups excluding carboxylic acids is 1. The molecule has 1 amide bonds. The summed E-state index contributed by atoms with van der Waals surface area (Å²) in [6.07, 6.45) is 3.50. The van der Waals surface area contributed by atoms with Gasteiger partial charge in [-0.1, -0.05) is 0 Å². The Balaban J connectivity index is 1.95. The monoisotopic (exact) mass is 355 g/mol. The van der Waals surface area contributed by atoms with Gasteiger partial charge in [0.15, 0.2) is 0 Å². The van der Waals surface area contributed by atoms with Crippen LogP contribution in [0, 0.1) is 0 Å². The molecule has 1 N–H and O–H groups in total. The summed E-state index contributed by atoms with van der Waals surface area (Å²) in [6.45, 7) is 7.06. The number of carbonyl (C=O) groups is 1. The first-order valence-corrected chi connectivity index (χ1v) is 7.99. The SMILES string of the molecule is CC(C)(C)OC(=O)N1CCCC(Nc2cccnc2Br)C1. The summed E-state index contributed by atoms with van der Waals surface area (Å²) < 4.78 is 6.23. The summed E-state index contributed by atoms with van der Waals surface area (Å²) in [5, 5.41) is 3.44. The van der Waals surface area contributed by atoms with Gasteiger partial charge in [0.05, 0.1) is 5.69 Å². The van der Waals surface area contributed by atoms with Crippen LogP contribution in [0.25, 0.3) is 0 Å². The fourth-order valence-corrected chi connectivity index (χ4v) is 2.67. The van der Waals surface area contributed by atoms with Crippen molar-refractivity contribution in [1.82, 2.24) is 9.88 Å². The van der Waals surface area contributed by atoms with Gasteiger partial charge >= 0.3 is 6.09 Å². The highest BCUT2D eigenvalue weighted by atomic mass is 79.9. The number of pyridine rings is 1. The molecule has 1 aromatic heterocycles. The molecule has 5 nitrogen and oxygen atoms in total. The maximum Gasteiger partial charge on any atom is 0.410 e. The van der Waals surface area contributed by atoms with E-state index in [-0.39, 0.29) is 12.1 Å². The number of anilines is 1. The van der Waals surface area contributed by atoms with Crippen LogP contribution in [0.15, 0.2) is 22.9 Å². The molecule has 0 spiro atoms. The lowest BCUT2D eigenvalue weighted by molar-refractivity contribution is 0.0206. The predicted molar refractivity (Wildman–Crippen MR) is 86.4 cm³/mol. The van der Waals surface area contributed by atoms with E-state index in [0.29, 0.717) is 6.54 Å². The number of hydrogen-bond acceptors (Lipinski definition) is 4. The van der Waals surface area contributed by atoms with Gasteiger partial charge in [0, 0.05) is 25.3 Å². The van der Waals surface area contributed by atoms with E-state index in [9.17, 15) is 4.79 Å². The Labute approximate surface area is 134 Å². The molecular formula is C15H22BrN3O2. The highest BCUT2D eigenvalue weighted by Gasteiger charge is 2.27. The Hall–Kier alpha value is -1.30. The predicted octanol–water partition coefficient (Wildman–Crippen LogP) is 3.66. The molecule has 1 aromatic rings. The molecule has 1 saturated heterocycles. The maximum atomic E-state index is 12.1. The third-order valence-corrected chi connectivity index (χ3v) is 3.82. The van der Waals surface area contributed by atoms with Crippen LogP contribution in [-0.2, 0) is 4.74 Å². The molecule has 1 atom stereocenters. The molecule has 1 fully saturated rings. The zero-order valence-electron chi connectivity index (χ0n) is 12.7. The Morgan fingerprint density at radius 1 is 1.52 bits per heavy atom. The molecule has 0 radical (unpaired) electrons. The number of likely N-dealkylation sites (tertiary alicyclic amines) is 1. The molecular weight excluding hydrogens is 334 g/mol. The Bertz CT molecular complexity index is 502. The number of rotatable bonds is 2. The van der Waals surface area contributed by atoms with Gasteiger partial charge in [-0.2, -0.15) is 0 Å². The average molecular weight is 356 g/mol. The van der Waals surface area contributed by atoms with Gasteiger partial charge in [-0.05, 0) is 61.7 Å². The van der Waals surface area contributed by atoms with Crippen molar-refractivity contribution in [2.24, 2.45) is 0 Å². The summed E-state index contributed by atoms with van der Waals surface area (Å²) in [4.78, 5) is 18.1. The van der Waals surface area contributed by atoms with Gasteiger partial charge in [-0.3, -0.25) is 0 Å². The third kappa shape index (κ3) is 4.88. The first-order valence-electron chi connectivity index (χ1n) is 7.20. The number of amides is 1. The standard InChI is InChI=1S/C15H22BrN3O2/c1-15(2,3)21-14(20)19-9-5-6-11(10-19)18-12-7-4-8-17-13(12)16/h4,7-8,11,18H,5-6,9-10H2,1-3H3. The fourth-order valence-electron chi connectivity index (χ4n) is 2.30. The van der Waals surface area contributed by atoms with Gasteiger partial charge in [0.1, 0.15) is 10.2 Å². The van der Waals surface area contributed by atoms with Crippen molar-refractivity contribution in [2.75, 3.05) is 18.4 Å². The molecule has 2 heterocycles. The molecule has 116 valence electrons. The summed E-state index contributed by atoms with van der Waals surface area (Å²) in [5.74, 6) is 0. The van der Waals surface area contributed by atoms with E-state index in [1.54, 1.807) is 11.1 Å². The van der Waals surface area contributed by atoms with Crippen LogP contribution in [0.1, 0.15) is 33.6 Å². The minimum Gasteiger partial charge on any atom is -0.444 e. The molecule has 21 heavy (non-hydrogen) atoms. The molecule has 0 bridgehead atoms. The van der Waals surface area contributed by atoms with Crippen LogP contribution in [-0.4, -0.2) is 40.7 Å².